The third-order valence-electron chi connectivity index (χ3n) is 2.44. The molecule has 0 unspecified atom stereocenters. The van der Waals surface area contributed by atoms with Gasteiger partial charge in [-0.3, -0.25) is 4.79 Å². The van der Waals surface area contributed by atoms with E-state index in [4.69, 9.17) is 5.73 Å². The predicted molar refractivity (Wildman–Crippen MR) is 88.9 cm³/mol. The molecule has 0 aliphatic rings. The number of hydrogen-bond donors (Lipinski definition) is 1. The molecule has 0 radical (unpaired) electrons. The van der Waals surface area contributed by atoms with Crippen molar-refractivity contribution in [3.8, 4) is 11.8 Å². The van der Waals surface area contributed by atoms with E-state index in [1.54, 1.807) is 28.0 Å². The van der Waals surface area contributed by atoms with Gasteiger partial charge in [-0.05, 0) is 17.0 Å². The van der Waals surface area contributed by atoms with Crippen molar-refractivity contribution < 1.29 is 4.79 Å². The van der Waals surface area contributed by atoms with Gasteiger partial charge in [0.2, 0.25) is 5.91 Å². The highest BCUT2D eigenvalue weighted by molar-refractivity contribution is 8.01. The monoisotopic (exact) mass is 310 g/mol. The third-order valence-corrected chi connectivity index (χ3v) is 4.59. The zero-order valence-corrected chi connectivity index (χ0v) is 14.2. The van der Waals surface area contributed by atoms with Crippen LogP contribution in [-0.4, -0.2) is 34.9 Å². The molecule has 20 heavy (non-hydrogen) atoms. The van der Waals surface area contributed by atoms with Gasteiger partial charge in [0.15, 0.2) is 0 Å². The molecule has 0 fully saturated rings. The molecule has 5 heteroatoms. The molecule has 3 nitrogen and oxygen atoms in total. The molecule has 1 amide bonds. The topological polar surface area (TPSA) is 46.3 Å². The Labute approximate surface area is 129 Å². The molecule has 0 aromatic carbocycles. The van der Waals surface area contributed by atoms with Crippen molar-refractivity contribution in [2.45, 2.75) is 32.1 Å². The molecule has 1 aromatic rings. The van der Waals surface area contributed by atoms with Crippen LogP contribution >= 0.6 is 23.1 Å². The molecule has 0 saturated carbocycles. The zero-order valence-electron chi connectivity index (χ0n) is 12.5. The second kappa shape index (κ2) is 7.72. The van der Waals surface area contributed by atoms with Gasteiger partial charge in [-0.2, -0.15) is 0 Å². The van der Waals surface area contributed by atoms with Crippen molar-refractivity contribution in [1.82, 2.24) is 4.90 Å². The maximum atomic E-state index is 12.0. The number of thioether (sulfide) groups is 1. The number of nitrogens with two attached hydrogens (primary N) is 1. The van der Waals surface area contributed by atoms with Crippen LogP contribution in [0.25, 0.3) is 0 Å². The SMILES string of the molecule is CN(Cc1csc(C#CCN)c1)C(=O)CSC(C)(C)C. The Morgan fingerprint density at radius 2 is 2.20 bits per heavy atom. The van der Waals surface area contributed by atoms with Gasteiger partial charge in [0.25, 0.3) is 0 Å². The Balaban J connectivity index is 2.51. The molecule has 110 valence electrons. The first-order chi connectivity index (χ1) is 9.31. The molecule has 0 saturated heterocycles. The number of thiophene rings is 1. The maximum absolute atomic E-state index is 12.0. The minimum Gasteiger partial charge on any atom is -0.341 e. The summed E-state index contributed by atoms with van der Waals surface area (Å²) in [7, 11) is 1.84. The number of nitrogens with zero attached hydrogens (tertiary/aromatic N) is 1. The number of amides is 1. The van der Waals surface area contributed by atoms with Crippen LogP contribution < -0.4 is 5.73 Å². The van der Waals surface area contributed by atoms with Crippen molar-refractivity contribution in [2.24, 2.45) is 5.73 Å². The van der Waals surface area contributed by atoms with Gasteiger partial charge >= 0.3 is 0 Å². The van der Waals surface area contributed by atoms with Crippen molar-refractivity contribution in [3.05, 3.63) is 21.9 Å². The highest BCUT2D eigenvalue weighted by atomic mass is 32.2. The van der Waals surface area contributed by atoms with E-state index in [9.17, 15) is 4.79 Å². The Morgan fingerprint density at radius 1 is 1.50 bits per heavy atom. The summed E-state index contributed by atoms with van der Waals surface area (Å²) in [5, 5.41) is 2.04. The minimum absolute atomic E-state index is 0.115. The van der Waals surface area contributed by atoms with Gasteiger partial charge in [-0.15, -0.1) is 23.1 Å². The third kappa shape index (κ3) is 6.47. The first-order valence-corrected chi connectivity index (χ1v) is 8.32. The summed E-state index contributed by atoms with van der Waals surface area (Å²) in [5.41, 5.74) is 6.47. The molecule has 1 rings (SSSR count). The van der Waals surface area contributed by atoms with Crippen molar-refractivity contribution in [3.63, 3.8) is 0 Å². The summed E-state index contributed by atoms with van der Waals surface area (Å²) < 4.78 is 0.115. The predicted octanol–water partition coefficient (Wildman–Crippen LogP) is 2.55. The standard InChI is InChI=1S/C15H22N2OS2/c1-15(2,3)20-11-14(18)17(4)9-12-8-13(19-10-12)6-5-7-16/h8,10H,7,9,11,16H2,1-4H3. The van der Waals surface area contributed by atoms with Crippen molar-refractivity contribution >= 4 is 29.0 Å². The van der Waals surface area contributed by atoms with Crippen LogP contribution in [-0.2, 0) is 11.3 Å². The van der Waals surface area contributed by atoms with Crippen molar-refractivity contribution in [1.29, 1.82) is 0 Å². The first kappa shape index (κ1) is 17.1. The molecule has 0 aliphatic heterocycles. The smallest absolute Gasteiger partial charge is 0.232 e. The minimum atomic E-state index is 0.115. The van der Waals surface area contributed by atoms with Crippen molar-refractivity contribution in [2.75, 3.05) is 19.3 Å². The summed E-state index contributed by atoms with van der Waals surface area (Å²) in [6.45, 7) is 7.35. The average Bonchev–Trinajstić information content (AvgIpc) is 2.80. The van der Waals surface area contributed by atoms with E-state index in [-0.39, 0.29) is 10.7 Å². The van der Waals surface area contributed by atoms with Crippen LogP contribution in [0.2, 0.25) is 0 Å². The second-order valence-electron chi connectivity index (χ2n) is 5.48. The molecule has 1 aromatic heterocycles. The fourth-order valence-corrected chi connectivity index (χ4v) is 2.96. The fraction of sp³-hybridized carbons (Fsp3) is 0.533. The van der Waals surface area contributed by atoms with E-state index in [0.29, 0.717) is 18.8 Å². The number of rotatable bonds is 4. The van der Waals surface area contributed by atoms with Crippen LogP contribution in [0.4, 0.5) is 0 Å². The molecule has 0 spiro atoms. The number of carbonyl (C=O) groups excluding carboxylic acids is 1. The lowest BCUT2D eigenvalue weighted by molar-refractivity contribution is -0.127. The van der Waals surface area contributed by atoms with E-state index in [2.05, 4.69) is 32.6 Å². The lowest BCUT2D eigenvalue weighted by atomic mass is 10.3. The Bertz CT molecular complexity index is 506. The molecular formula is C15H22N2OS2. The molecule has 0 atom stereocenters. The quantitative estimate of drug-likeness (QED) is 0.869. The highest BCUT2D eigenvalue weighted by Crippen LogP contribution is 2.23. The molecule has 0 aliphatic carbocycles. The molecular weight excluding hydrogens is 288 g/mol. The lowest BCUT2D eigenvalue weighted by Crippen LogP contribution is -2.29. The first-order valence-electron chi connectivity index (χ1n) is 6.46. The number of hydrogen-bond acceptors (Lipinski definition) is 4. The summed E-state index contributed by atoms with van der Waals surface area (Å²) in [4.78, 5) is 14.8. The average molecular weight is 310 g/mol. The van der Waals surface area contributed by atoms with E-state index < -0.39 is 0 Å². The van der Waals surface area contributed by atoms with E-state index in [1.165, 1.54) is 0 Å². The maximum Gasteiger partial charge on any atom is 0.232 e. The largest absolute Gasteiger partial charge is 0.341 e. The summed E-state index contributed by atoms with van der Waals surface area (Å²) in [5.74, 6) is 6.52. The van der Waals surface area contributed by atoms with Crippen LogP contribution in [0.15, 0.2) is 11.4 Å². The van der Waals surface area contributed by atoms with E-state index >= 15 is 0 Å². The lowest BCUT2D eigenvalue weighted by Gasteiger charge is -2.21. The molecule has 1 heterocycles. The van der Waals surface area contributed by atoms with Crippen LogP contribution in [0.5, 0.6) is 0 Å². The summed E-state index contributed by atoms with van der Waals surface area (Å²) >= 11 is 3.26. The second-order valence-corrected chi connectivity index (χ2v) is 8.19. The highest BCUT2D eigenvalue weighted by Gasteiger charge is 2.16. The normalized spacial score (nSPS) is 10.8. The Hall–Kier alpha value is -0.960. The van der Waals surface area contributed by atoms with Crippen LogP contribution in [0, 0.1) is 11.8 Å². The van der Waals surface area contributed by atoms with Gasteiger partial charge < -0.3 is 10.6 Å². The van der Waals surface area contributed by atoms with Gasteiger partial charge in [-0.1, -0.05) is 32.6 Å². The summed E-state index contributed by atoms with van der Waals surface area (Å²) in [6.07, 6.45) is 0. The zero-order chi connectivity index (χ0) is 15.2. The summed E-state index contributed by atoms with van der Waals surface area (Å²) in [6, 6.07) is 2.02. The van der Waals surface area contributed by atoms with Gasteiger partial charge in [-0.25, -0.2) is 0 Å². The Morgan fingerprint density at radius 3 is 2.80 bits per heavy atom. The van der Waals surface area contributed by atoms with Crippen LogP contribution in [0.3, 0.4) is 0 Å². The molecule has 2 N–H and O–H groups in total. The van der Waals surface area contributed by atoms with Gasteiger partial charge in [0, 0.05) is 18.3 Å². The van der Waals surface area contributed by atoms with Crippen LogP contribution in [0.1, 0.15) is 31.2 Å². The van der Waals surface area contributed by atoms with Gasteiger partial charge in [0.1, 0.15) is 0 Å². The van der Waals surface area contributed by atoms with E-state index in [1.807, 2.05) is 18.5 Å². The Kier molecular flexibility index (Phi) is 6.60. The number of carbonyl (C=O) groups is 1. The fourth-order valence-electron chi connectivity index (χ4n) is 1.41. The van der Waals surface area contributed by atoms with E-state index in [0.717, 1.165) is 10.4 Å². The van der Waals surface area contributed by atoms with Gasteiger partial charge in [0.05, 0.1) is 17.2 Å². The molecule has 0 bridgehead atoms.